The van der Waals surface area contributed by atoms with Crippen LogP contribution >= 0.6 is 0 Å². The standard InChI is InChI=1S/C37H42F9N3O4.C35H38F9N3O4/c1-8-53-30(51)17-27(32-33(39)23(15-25(34(32)40)37(44,45)46)31-21(5)13-20(4)14-26(31)38)47-35(52)28(12-19(2)3)49-18-22(10-9-11-48(6)7)24(16-29(49)50)36(41,42)43;1-17(2)10-26(47-16-20(8-7-9-46(5)6)22(14-27(47)48)34(39,40)41)33(51)45-25(15-28(49)50)30-31(37)21(13-23(32(30)38)35(42,43)44)29-19(4)11-18(3)12-24(29)36/h13-16,18-19,27-28H,8-12,17H2,1-7H3,(H,47,52);11-14,16-17,25-26H,7-10,15H2,1-6H3,(H,45,51)(H,49,50)/t27-,28?;25-,26?/m00/s1. The first-order valence-electron chi connectivity index (χ1n) is 32.6. The number of aryl methyl sites for hydroxylation is 6. The van der Waals surface area contributed by atoms with Crippen molar-refractivity contribution in [2.24, 2.45) is 11.8 Å². The first-order chi connectivity index (χ1) is 47.9. The van der Waals surface area contributed by atoms with E-state index in [2.05, 4.69) is 5.32 Å². The molecule has 0 bridgehead atoms. The lowest BCUT2D eigenvalue weighted by Gasteiger charge is -2.28. The third-order valence-corrected chi connectivity index (χ3v) is 16.6. The van der Waals surface area contributed by atoms with Crippen molar-refractivity contribution >= 4 is 23.8 Å². The van der Waals surface area contributed by atoms with Gasteiger partial charge in [-0.2, -0.15) is 52.7 Å². The van der Waals surface area contributed by atoms with Crippen LogP contribution in [0.5, 0.6) is 0 Å². The number of carbonyl (C=O) groups excluding carboxylic acids is 3. The van der Waals surface area contributed by atoms with Gasteiger partial charge < -0.3 is 39.4 Å². The summed E-state index contributed by atoms with van der Waals surface area (Å²) in [4.78, 5) is 82.4. The van der Waals surface area contributed by atoms with Gasteiger partial charge in [0.2, 0.25) is 11.8 Å². The fourth-order valence-electron chi connectivity index (χ4n) is 12.1. The van der Waals surface area contributed by atoms with Crippen LogP contribution in [0.1, 0.15) is 164 Å². The molecule has 0 aliphatic heterocycles. The maximum absolute atomic E-state index is 16.5. The number of carboxylic acids is 1. The fraction of sp³-hybridized carbons (Fsp3) is 0.472. The highest BCUT2D eigenvalue weighted by Crippen LogP contribution is 2.45. The maximum atomic E-state index is 16.5. The highest BCUT2D eigenvalue weighted by Gasteiger charge is 2.44. The van der Waals surface area contributed by atoms with Crippen molar-refractivity contribution < 1.29 is 108 Å². The van der Waals surface area contributed by atoms with Crippen LogP contribution in [0.25, 0.3) is 22.3 Å². The highest BCUT2D eigenvalue weighted by molar-refractivity contribution is 5.83. The Labute approximate surface area is 587 Å². The van der Waals surface area contributed by atoms with E-state index in [0.717, 1.165) is 29.1 Å². The zero-order valence-corrected chi connectivity index (χ0v) is 58.9. The van der Waals surface area contributed by atoms with Gasteiger partial charge in [0, 0.05) is 57.9 Å². The van der Waals surface area contributed by atoms with E-state index in [1.165, 1.54) is 46.8 Å². The number of pyridine rings is 2. The van der Waals surface area contributed by atoms with E-state index >= 15 is 26.3 Å². The van der Waals surface area contributed by atoms with E-state index in [-0.39, 0.29) is 79.5 Å². The Kier molecular flexibility index (Phi) is 28.9. The van der Waals surface area contributed by atoms with Crippen LogP contribution in [-0.2, 0) is 61.5 Å². The van der Waals surface area contributed by atoms with Crippen molar-refractivity contribution in [2.45, 2.75) is 163 Å². The molecule has 0 radical (unpaired) electrons. The van der Waals surface area contributed by atoms with Gasteiger partial charge in [-0.25, -0.2) is 26.3 Å². The molecule has 0 aliphatic carbocycles. The van der Waals surface area contributed by atoms with Gasteiger partial charge in [0.15, 0.2) is 0 Å². The Morgan fingerprint density at radius 1 is 0.500 bits per heavy atom. The number of halogens is 18. The number of esters is 1. The van der Waals surface area contributed by atoms with Gasteiger partial charge in [-0.15, -0.1) is 0 Å². The lowest BCUT2D eigenvalue weighted by Crippen LogP contribution is -2.41. The molecule has 572 valence electrons. The fourth-order valence-corrected chi connectivity index (χ4v) is 12.1. The zero-order chi connectivity index (χ0) is 78.9. The number of amides is 2. The van der Waals surface area contributed by atoms with Gasteiger partial charge in [-0.3, -0.25) is 28.8 Å². The van der Waals surface area contributed by atoms with E-state index in [4.69, 9.17) is 4.74 Å². The van der Waals surface area contributed by atoms with Gasteiger partial charge in [0.05, 0.1) is 53.8 Å². The number of aromatic nitrogens is 2. The Morgan fingerprint density at radius 2 is 0.837 bits per heavy atom. The molecule has 0 saturated carbocycles. The number of ether oxygens (including phenoxy) is 1. The summed E-state index contributed by atoms with van der Waals surface area (Å²) in [6.07, 6.45) is -22.0. The molecule has 104 heavy (non-hydrogen) atoms. The molecule has 4 atom stereocenters. The number of nitrogens with one attached hydrogen (secondary N) is 2. The molecule has 0 aliphatic rings. The molecule has 0 fully saturated rings. The van der Waals surface area contributed by atoms with Crippen molar-refractivity contribution in [3.05, 3.63) is 183 Å². The minimum atomic E-state index is -5.50. The summed E-state index contributed by atoms with van der Waals surface area (Å²) in [5.74, 6) is -16.7. The van der Waals surface area contributed by atoms with E-state index in [1.807, 2.05) is 5.32 Å². The minimum absolute atomic E-state index is 0.00174. The third kappa shape index (κ3) is 22.0. The summed E-state index contributed by atoms with van der Waals surface area (Å²) in [6.45, 7) is 13.8. The Morgan fingerprint density at radius 3 is 1.12 bits per heavy atom. The molecule has 6 rings (SSSR count). The van der Waals surface area contributed by atoms with Gasteiger partial charge >= 0.3 is 36.6 Å². The van der Waals surface area contributed by atoms with Crippen LogP contribution in [-0.4, -0.2) is 95.7 Å². The molecule has 2 aromatic heterocycles. The van der Waals surface area contributed by atoms with Crippen LogP contribution in [0.15, 0.2) is 70.5 Å². The number of benzene rings is 4. The van der Waals surface area contributed by atoms with Gasteiger partial charge in [0.25, 0.3) is 11.1 Å². The third-order valence-electron chi connectivity index (χ3n) is 16.6. The average Bonchev–Trinajstić information content (AvgIpc) is 0.765. The van der Waals surface area contributed by atoms with Crippen molar-refractivity contribution in [2.75, 3.05) is 47.9 Å². The Hall–Kier alpha value is -8.68. The van der Waals surface area contributed by atoms with Crippen molar-refractivity contribution in [3.63, 3.8) is 0 Å². The summed E-state index contributed by atoms with van der Waals surface area (Å²) < 4.78 is 271. The molecule has 4 aromatic carbocycles. The van der Waals surface area contributed by atoms with Crippen molar-refractivity contribution in [3.8, 4) is 22.3 Å². The molecule has 6 aromatic rings. The number of alkyl halides is 12. The summed E-state index contributed by atoms with van der Waals surface area (Å²) in [6, 6.07) is -2.63. The molecule has 3 N–H and O–H groups in total. The normalized spacial score (nSPS) is 13.5. The SMILES string of the molecule is CCOC(=O)C[C@H](NC(=O)C(CC(C)C)n1cc(CCCN(C)C)c(C(F)(F)F)cc1=O)c1c(F)c(-c2c(C)cc(C)cc2F)cc(C(F)(F)F)c1F.Cc1cc(C)c(-c2cc(C(F)(F)F)c(F)c([C@H](CC(=O)O)NC(=O)C(CC(C)C)n3cc(CCCN(C)C)c(C(F)(F)F)cc3=O)c2F)c(F)c1. The number of nitrogens with zero attached hydrogens (tertiary/aromatic N) is 4. The maximum Gasteiger partial charge on any atom is 0.419 e. The molecule has 2 amide bonds. The van der Waals surface area contributed by atoms with E-state index in [9.17, 15) is 86.6 Å². The molecule has 14 nitrogen and oxygen atoms in total. The number of carbonyl (C=O) groups is 4. The van der Waals surface area contributed by atoms with E-state index in [0.29, 0.717) is 40.9 Å². The number of hydrogen-bond acceptors (Lipinski definition) is 9. The quantitative estimate of drug-likeness (QED) is 0.0333. The van der Waals surface area contributed by atoms with Crippen LogP contribution in [0, 0.1) is 74.4 Å². The summed E-state index contributed by atoms with van der Waals surface area (Å²) in [5.41, 5.74) is -15.4. The van der Waals surface area contributed by atoms with Crippen molar-refractivity contribution in [1.82, 2.24) is 29.6 Å². The summed E-state index contributed by atoms with van der Waals surface area (Å²) in [7, 11) is 6.80. The molecular weight excluding hydrogens is 1420 g/mol. The van der Waals surface area contributed by atoms with Gasteiger partial charge in [-0.05, 0) is 184 Å². The molecule has 0 spiro atoms. The van der Waals surface area contributed by atoms with Crippen LogP contribution in [0.3, 0.4) is 0 Å². The lowest BCUT2D eigenvalue weighted by molar-refractivity contribution is -0.144. The Balaban J connectivity index is 0.000000374. The summed E-state index contributed by atoms with van der Waals surface area (Å²) in [5, 5.41) is 13.9. The lowest BCUT2D eigenvalue weighted by atomic mass is 9.90. The Bertz CT molecular complexity index is 4190. The summed E-state index contributed by atoms with van der Waals surface area (Å²) >= 11 is 0. The largest absolute Gasteiger partial charge is 0.481 e. The first-order valence-corrected chi connectivity index (χ1v) is 32.6. The number of carboxylic acid groups (broad SMARTS) is 1. The second-order valence-corrected chi connectivity index (χ2v) is 26.6. The van der Waals surface area contributed by atoms with Crippen LogP contribution < -0.4 is 21.8 Å². The highest BCUT2D eigenvalue weighted by atomic mass is 19.4. The van der Waals surface area contributed by atoms with Gasteiger partial charge in [0.1, 0.15) is 47.0 Å². The second kappa shape index (κ2) is 34.9. The molecule has 0 saturated heterocycles. The zero-order valence-electron chi connectivity index (χ0n) is 58.9. The average molecular weight is 1500 g/mol. The van der Waals surface area contributed by atoms with Gasteiger partial charge in [-0.1, -0.05) is 39.8 Å². The second-order valence-electron chi connectivity index (χ2n) is 26.6. The van der Waals surface area contributed by atoms with E-state index < -0.39 is 199 Å². The molecular formula is C72H80F18N6O8. The molecule has 32 heteroatoms. The number of rotatable bonds is 27. The number of aliphatic carboxylic acids is 1. The van der Waals surface area contributed by atoms with Crippen molar-refractivity contribution in [1.29, 1.82) is 0 Å². The predicted octanol–water partition coefficient (Wildman–Crippen LogP) is 16.5. The number of hydrogen-bond donors (Lipinski definition) is 3. The first kappa shape index (κ1) is 86.0. The molecule has 2 heterocycles. The van der Waals surface area contributed by atoms with E-state index in [1.54, 1.807) is 65.7 Å². The monoisotopic (exact) mass is 1500 g/mol. The smallest absolute Gasteiger partial charge is 0.419 e. The van der Waals surface area contributed by atoms with Crippen LogP contribution in [0.4, 0.5) is 79.0 Å². The minimum Gasteiger partial charge on any atom is -0.481 e. The topological polar surface area (TPSA) is 172 Å². The predicted molar refractivity (Wildman–Crippen MR) is 350 cm³/mol. The van der Waals surface area contributed by atoms with Crippen LogP contribution in [0.2, 0.25) is 0 Å². The molecule has 2 unspecified atom stereocenters.